The Hall–Kier alpha value is -1.09. The van der Waals surface area contributed by atoms with Gasteiger partial charge in [0, 0.05) is 23.4 Å². The first-order valence-electron chi connectivity index (χ1n) is 7.29. The van der Waals surface area contributed by atoms with Crippen LogP contribution in [0, 0.1) is 5.92 Å². The molecule has 0 aromatic heterocycles. The fourth-order valence-corrected chi connectivity index (χ4v) is 2.72. The van der Waals surface area contributed by atoms with Gasteiger partial charge in [0.15, 0.2) is 0 Å². The zero-order valence-electron chi connectivity index (χ0n) is 11.2. The maximum absolute atomic E-state index is 4.74. The van der Waals surface area contributed by atoms with E-state index in [1.54, 1.807) is 0 Å². The van der Waals surface area contributed by atoms with Crippen LogP contribution in [0.5, 0.6) is 0 Å². The van der Waals surface area contributed by atoms with Gasteiger partial charge in [-0.3, -0.25) is 0 Å². The molecule has 2 aliphatic heterocycles. The standard InChI is InChI=1S/C15H23N3/c1-11-10-14(12-5-6-12)18-15(17-11)8-7-13-4-2-3-9-16-13/h8,10,12-13,16-17H,2-7,9H2,1H3/b15-8+. The Labute approximate surface area is 109 Å². The summed E-state index contributed by atoms with van der Waals surface area (Å²) in [5.74, 6) is 1.79. The highest BCUT2D eigenvalue weighted by molar-refractivity contribution is 6.00. The molecule has 2 N–H and O–H groups in total. The van der Waals surface area contributed by atoms with E-state index in [-0.39, 0.29) is 0 Å². The molecule has 0 spiro atoms. The van der Waals surface area contributed by atoms with Gasteiger partial charge in [0.25, 0.3) is 0 Å². The largest absolute Gasteiger partial charge is 0.344 e. The molecule has 0 aromatic rings. The third-order valence-corrected chi connectivity index (χ3v) is 3.94. The quantitative estimate of drug-likeness (QED) is 0.802. The highest BCUT2D eigenvalue weighted by Crippen LogP contribution is 2.33. The van der Waals surface area contributed by atoms with E-state index in [0.29, 0.717) is 6.04 Å². The van der Waals surface area contributed by atoms with E-state index in [9.17, 15) is 0 Å². The predicted molar refractivity (Wildman–Crippen MR) is 75.4 cm³/mol. The number of nitrogens with one attached hydrogen (secondary N) is 2. The van der Waals surface area contributed by atoms with Gasteiger partial charge in [0.2, 0.25) is 0 Å². The molecule has 1 saturated heterocycles. The fourth-order valence-electron chi connectivity index (χ4n) is 2.72. The zero-order valence-corrected chi connectivity index (χ0v) is 11.2. The molecule has 98 valence electrons. The Morgan fingerprint density at radius 1 is 1.33 bits per heavy atom. The maximum atomic E-state index is 4.74. The molecule has 2 heterocycles. The van der Waals surface area contributed by atoms with Crippen molar-refractivity contribution in [2.45, 2.75) is 51.5 Å². The van der Waals surface area contributed by atoms with Gasteiger partial charge in [-0.2, -0.15) is 0 Å². The van der Waals surface area contributed by atoms with Crippen LogP contribution in [0.1, 0.15) is 45.4 Å². The molecule has 0 amide bonds. The molecular formula is C15H23N3. The summed E-state index contributed by atoms with van der Waals surface area (Å²) in [7, 11) is 0. The van der Waals surface area contributed by atoms with Crippen LogP contribution in [-0.4, -0.2) is 18.3 Å². The second-order valence-corrected chi connectivity index (χ2v) is 5.74. The predicted octanol–water partition coefficient (Wildman–Crippen LogP) is 2.72. The van der Waals surface area contributed by atoms with Gasteiger partial charge in [-0.25, -0.2) is 4.99 Å². The van der Waals surface area contributed by atoms with Crippen molar-refractivity contribution in [2.24, 2.45) is 10.9 Å². The third-order valence-electron chi connectivity index (χ3n) is 3.94. The van der Waals surface area contributed by atoms with Crippen molar-refractivity contribution in [2.75, 3.05) is 6.54 Å². The fraction of sp³-hybridized carbons (Fsp3) is 0.667. The molecule has 3 aliphatic rings. The van der Waals surface area contributed by atoms with Crippen molar-refractivity contribution in [1.29, 1.82) is 0 Å². The number of rotatable bonds is 3. The maximum Gasteiger partial charge on any atom is 0.126 e. The minimum absolute atomic E-state index is 0.652. The highest BCUT2D eigenvalue weighted by Gasteiger charge is 2.27. The second kappa shape index (κ2) is 5.27. The van der Waals surface area contributed by atoms with E-state index in [2.05, 4.69) is 29.7 Å². The van der Waals surface area contributed by atoms with Crippen molar-refractivity contribution in [3.63, 3.8) is 0 Å². The van der Waals surface area contributed by atoms with Gasteiger partial charge >= 0.3 is 0 Å². The summed E-state index contributed by atoms with van der Waals surface area (Å²) in [4.78, 5) is 4.74. The van der Waals surface area contributed by atoms with Gasteiger partial charge in [-0.15, -0.1) is 0 Å². The van der Waals surface area contributed by atoms with Gasteiger partial charge in [-0.05, 0) is 57.7 Å². The Kier molecular flexibility index (Phi) is 3.50. The van der Waals surface area contributed by atoms with Crippen molar-refractivity contribution in [3.05, 3.63) is 23.7 Å². The normalized spacial score (nSPS) is 30.7. The molecule has 18 heavy (non-hydrogen) atoms. The molecule has 1 unspecified atom stereocenters. The summed E-state index contributed by atoms with van der Waals surface area (Å²) < 4.78 is 0. The van der Waals surface area contributed by atoms with Crippen LogP contribution in [-0.2, 0) is 0 Å². The van der Waals surface area contributed by atoms with E-state index in [1.165, 1.54) is 50.1 Å². The Balaban J connectivity index is 1.62. The van der Waals surface area contributed by atoms with Crippen LogP contribution < -0.4 is 10.6 Å². The number of piperidine rings is 1. The number of allylic oxidation sites excluding steroid dienone is 2. The van der Waals surface area contributed by atoms with Crippen LogP contribution in [0.3, 0.4) is 0 Å². The van der Waals surface area contributed by atoms with Crippen LogP contribution in [0.15, 0.2) is 28.7 Å². The number of nitrogens with zero attached hydrogens (tertiary/aromatic N) is 1. The lowest BCUT2D eigenvalue weighted by atomic mass is 10.0. The summed E-state index contributed by atoms with van der Waals surface area (Å²) in [6, 6.07) is 0.652. The molecule has 2 fully saturated rings. The topological polar surface area (TPSA) is 36.4 Å². The number of aliphatic imine (C=N–C) groups is 1. The zero-order chi connectivity index (χ0) is 12.4. The van der Waals surface area contributed by atoms with Gasteiger partial charge in [0.1, 0.15) is 5.82 Å². The first-order chi connectivity index (χ1) is 8.81. The number of hydrogen-bond donors (Lipinski definition) is 2. The lowest BCUT2D eigenvalue weighted by Gasteiger charge is -2.22. The Bertz CT molecular complexity index is 396. The van der Waals surface area contributed by atoms with Crippen molar-refractivity contribution in [1.82, 2.24) is 10.6 Å². The van der Waals surface area contributed by atoms with E-state index >= 15 is 0 Å². The third kappa shape index (κ3) is 3.02. The van der Waals surface area contributed by atoms with E-state index in [0.717, 1.165) is 18.2 Å². The summed E-state index contributed by atoms with van der Waals surface area (Å²) in [6.07, 6.45) is 12.2. The second-order valence-electron chi connectivity index (χ2n) is 5.74. The first kappa shape index (κ1) is 12.0. The van der Waals surface area contributed by atoms with Crippen molar-refractivity contribution >= 4 is 5.71 Å². The average Bonchev–Trinajstić information content (AvgIpc) is 3.21. The van der Waals surface area contributed by atoms with Gasteiger partial charge in [0.05, 0.1) is 0 Å². The Morgan fingerprint density at radius 2 is 2.22 bits per heavy atom. The molecule has 1 aliphatic carbocycles. The lowest BCUT2D eigenvalue weighted by Crippen LogP contribution is -2.33. The van der Waals surface area contributed by atoms with Crippen LogP contribution in [0.4, 0.5) is 0 Å². The minimum Gasteiger partial charge on any atom is -0.344 e. The molecule has 3 nitrogen and oxygen atoms in total. The smallest absolute Gasteiger partial charge is 0.126 e. The first-order valence-corrected chi connectivity index (χ1v) is 7.29. The van der Waals surface area contributed by atoms with Gasteiger partial charge < -0.3 is 10.6 Å². The van der Waals surface area contributed by atoms with Crippen LogP contribution in [0.25, 0.3) is 0 Å². The van der Waals surface area contributed by atoms with E-state index in [1.807, 2.05) is 0 Å². The molecule has 0 radical (unpaired) electrons. The molecule has 3 rings (SSSR count). The van der Waals surface area contributed by atoms with Gasteiger partial charge in [-0.1, -0.05) is 6.42 Å². The SMILES string of the molecule is CC1=CC(C2CC2)=N/C(=C/CC2CCCCN2)N1. The van der Waals surface area contributed by atoms with Crippen molar-refractivity contribution < 1.29 is 0 Å². The minimum atomic E-state index is 0.652. The monoisotopic (exact) mass is 245 g/mol. The summed E-state index contributed by atoms with van der Waals surface area (Å²) in [5.41, 5.74) is 2.52. The van der Waals surface area contributed by atoms with E-state index in [4.69, 9.17) is 4.99 Å². The molecule has 1 atom stereocenters. The molecule has 1 saturated carbocycles. The molecule has 0 bridgehead atoms. The molecular weight excluding hydrogens is 222 g/mol. The van der Waals surface area contributed by atoms with E-state index < -0.39 is 0 Å². The summed E-state index contributed by atoms with van der Waals surface area (Å²) >= 11 is 0. The highest BCUT2D eigenvalue weighted by atomic mass is 15.1. The molecule has 0 aromatic carbocycles. The van der Waals surface area contributed by atoms with Crippen LogP contribution in [0.2, 0.25) is 0 Å². The summed E-state index contributed by atoms with van der Waals surface area (Å²) in [5, 5.41) is 6.96. The Morgan fingerprint density at radius 3 is 2.94 bits per heavy atom. The summed E-state index contributed by atoms with van der Waals surface area (Å²) in [6.45, 7) is 3.31. The lowest BCUT2D eigenvalue weighted by molar-refractivity contribution is 0.403. The molecule has 3 heteroatoms. The van der Waals surface area contributed by atoms with Crippen molar-refractivity contribution in [3.8, 4) is 0 Å². The average molecular weight is 245 g/mol. The number of hydrogen-bond acceptors (Lipinski definition) is 3. The van der Waals surface area contributed by atoms with Crippen LogP contribution >= 0.6 is 0 Å².